The van der Waals surface area contributed by atoms with Gasteiger partial charge in [0, 0.05) is 18.4 Å². The molecule has 0 fully saturated rings. The van der Waals surface area contributed by atoms with E-state index >= 15 is 0 Å². The number of benzene rings is 1. The monoisotopic (exact) mass is 323 g/mol. The van der Waals surface area contributed by atoms with Crippen molar-refractivity contribution in [2.24, 2.45) is 0 Å². The molecule has 0 atom stereocenters. The van der Waals surface area contributed by atoms with Crippen molar-refractivity contribution in [1.82, 2.24) is 30.3 Å². The van der Waals surface area contributed by atoms with Crippen molar-refractivity contribution < 1.29 is 4.79 Å². The predicted octanol–water partition coefficient (Wildman–Crippen LogP) is 1.80. The van der Waals surface area contributed by atoms with Crippen LogP contribution in [0, 0.1) is 6.92 Å². The van der Waals surface area contributed by atoms with Crippen LogP contribution in [0.3, 0.4) is 0 Å². The van der Waals surface area contributed by atoms with E-state index in [9.17, 15) is 4.79 Å². The Hall–Kier alpha value is -3.03. The second-order valence-electron chi connectivity index (χ2n) is 5.82. The number of nitrogens with zero attached hydrogens (tertiary/aromatic N) is 5. The van der Waals surface area contributed by atoms with E-state index in [4.69, 9.17) is 0 Å². The van der Waals surface area contributed by atoms with E-state index in [1.165, 1.54) is 0 Å². The number of fused-ring (bicyclic) bond motifs is 2. The molecule has 8 nitrogen and oxygen atoms in total. The van der Waals surface area contributed by atoms with E-state index in [0.717, 1.165) is 47.6 Å². The number of aryl methyl sites for hydroxylation is 2. The van der Waals surface area contributed by atoms with Crippen LogP contribution in [0.4, 0.5) is 10.5 Å². The lowest BCUT2D eigenvalue weighted by Gasteiger charge is -2.10. The highest BCUT2D eigenvalue weighted by molar-refractivity contribution is 6.00. The lowest BCUT2D eigenvalue weighted by atomic mass is 10.2. The van der Waals surface area contributed by atoms with Crippen LogP contribution in [0.25, 0.3) is 10.9 Å². The molecule has 0 bridgehead atoms. The Balaban J connectivity index is 1.47. The van der Waals surface area contributed by atoms with Gasteiger partial charge in [0.2, 0.25) is 0 Å². The van der Waals surface area contributed by atoms with Gasteiger partial charge in [0.1, 0.15) is 5.82 Å². The van der Waals surface area contributed by atoms with Crippen molar-refractivity contribution >= 4 is 22.6 Å². The summed E-state index contributed by atoms with van der Waals surface area (Å²) >= 11 is 0. The van der Waals surface area contributed by atoms with E-state index in [2.05, 4.69) is 35.6 Å². The van der Waals surface area contributed by atoms with Crippen molar-refractivity contribution in [3.63, 3.8) is 0 Å². The minimum absolute atomic E-state index is 0.285. The van der Waals surface area contributed by atoms with Crippen LogP contribution in [-0.2, 0) is 19.5 Å². The number of urea groups is 1. The summed E-state index contributed by atoms with van der Waals surface area (Å²) in [5.41, 5.74) is 2.25. The highest BCUT2D eigenvalue weighted by Crippen LogP contribution is 2.21. The normalized spacial score (nSPS) is 13.0. The van der Waals surface area contributed by atoms with Crippen molar-refractivity contribution in [3.8, 4) is 0 Å². The van der Waals surface area contributed by atoms with Crippen LogP contribution in [-0.4, -0.2) is 31.0 Å². The molecule has 24 heavy (non-hydrogen) atoms. The molecule has 1 aliphatic heterocycles. The van der Waals surface area contributed by atoms with Gasteiger partial charge in [-0.2, -0.15) is 10.2 Å². The van der Waals surface area contributed by atoms with Crippen LogP contribution in [0.15, 0.2) is 24.3 Å². The van der Waals surface area contributed by atoms with Crippen LogP contribution < -0.4 is 10.6 Å². The number of hydrogen-bond donors (Lipinski definition) is 2. The van der Waals surface area contributed by atoms with E-state index in [1.54, 1.807) is 0 Å². The molecule has 0 unspecified atom stereocenters. The zero-order chi connectivity index (χ0) is 16.5. The smallest absolute Gasteiger partial charge is 0.319 e. The second-order valence-corrected chi connectivity index (χ2v) is 5.82. The molecule has 3 heterocycles. The fourth-order valence-electron chi connectivity index (χ4n) is 2.94. The van der Waals surface area contributed by atoms with E-state index in [1.807, 2.05) is 31.2 Å². The van der Waals surface area contributed by atoms with Gasteiger partial charge in [-0.25, -0.2) is 4.79 Å². The molecule has 2 aromatic heterocycles. The Labute approximate surface area is 138 Å². The first-order valence-corrected chi connectivity index (χ1v) is 7.89. The first-order chi connectivity index (χ1) is 11.7. The first-order valence-electron chi connectivity index (χ1n) is 7.89. The Morgan fingerprint density at radius 3 is 3.08 bits per heavy atom. The summed E-state index contributed by atoms with van der Waals surface area (Å²) in [6, 6.07) is 7.17. The standard InChI is InChI=1S/C16H17N7O/c1-10-8-11-12(4-2-5-13(11)20-19-10)18-16(24)17-9-15-22-21-14-6-3-7-23(14)15/h2,4-5,8H,3,6-7,9H2,1H3,(H2,17,18,24). The molecule has 4 rings (SSSR count). The number of anilines is 1. The van der Waals surface area contributed by atoms with Gasteiger partial charge in [0.25, 0.3) is 0 Å². The van der Waals surface area contributed by atoms with Crippen molar-refractivity contribution in [2.45, 2.75) is 32.9 Å². The van der Waals surface area contributed by atoms with Crippen LogP contribution in [0.1, 0.15) is 23.8 Å². The lowest BCUT2D eigenvalue weighted by Crippen LogP contribution is -2.29. The number of rotatable bonds is 3. The number of carbonyl (C=O) groups excluding carboxylic acids is 1. The molecule has 1 aromatic carbocycles. The Kier molecular flexibility index (Phi) is 3.56. The van der Waals surface area contributed by atoms with Gasteiger partial charge >= 0.3 is 6.03 Å². The summed E-state index contributed by atoms with van der Waals surface area (Å²) in [6.07, 6.45) is 2.04. The molecule has 2 N–H and O–H groups in total. The maximum atomic E-state index is 12.2. The summed E-state index contributed by atoms with van der Waals surface area (Å²) < 4.78 is 2.07. The Morgan fingerprint density at radius 1 is 1.25 bits per heavy atom. The van der Waals surface area contributed by atoms with Gasteiger partial charge in [-0.3, -0.25) is 0 Å². The van der Waals surface area contributed by atoms with Gasteiger partial charge in [-0.05, 0) is 31.5 Å². The van der Waals surface area contributed by atoms with Gasteiger partial charge in [-0.15, -0.1) is 10.2 Å². The Bertz CT molecular complexity index is 918. The summed E-state index contributed by atoms with van der Waals surface area (Å²) in [6.45, 7) is 3.14. The second kappa shape index (κ2) is 5.88. The molecule has 0 saturated carbocycles. The molecule has 1 aliphatic rings. The summed E-state index contributed by atoms with van der Waals surface area (Å²) in [7, 11) is 0. The summed E-state index contributed by atoms with van der Waals surface area (Å²) in [5.74, 6) is 1.78. The zero-order valence-electron chi connectivity index (χ0n) is 13.3. The molecular weight excluding hydrogens is 306 g/mol. The van der Waals surface area contributed by atoms with Crippen molar-refractivity contribution in [2.75, 3.05) is 5.32 Å². The van der Waals surface area contributed by atoms with E-state index in [-0.39, 0.29) is 6.03 Å². The number of hydrogen-bond acceptors (Lipinski definition) is 5. The molecular formula is C16H17N7O. The van der Waals surface area contributed by atoms with Gasteiger partial charge in [0.05, 0.1) is 23.4 Å². The largest absolute Gasteiger partial charge is 0.331 e. The minimum atomic E-state index is -0.285. The van der Waals surface area contributed by atoms with Crippen molar-refractivity contribution in [3.05, 3.63) is 41.6 Å². The topological polar surface area (TPSA) is 97.6 Å². The third-order valence-corrected chi connectivity index (χ3v) is 4.09. The highest BCUT2D eigenvalue weighted by Gasteiger charge is 2.17. The first kappa shape index (κ1) is 14.6. The summed E-state index contributed by atoms with van der Waals surface area (Å²) in [5, 5.41) is 23.0. The fraction of sp³-hybridized carbons (Fsp3) is 0.312. The molecule has 0 aliphatic carbocycles. The number of aromatic nitrogens is 5. The fourth-order valence-corrected chi connectivity index (χ4v) is 2.94. The SMILES string of the molecule is Cc1cc2c(NC(=O)NCc3nnc4n3CCC4)cccc2nn1. The van der Waals surface area contributed by atoms with E-state index in [0.29, 0.717) is 12.2 Å². The Morgan fingerprint density at radius 2 is 2.17 bits per heavy atom. The molecule has 8 heteroatoms. The minimum Gasteiger partial charge on any atom is -0.331 e. The van der Waals surface area contributed by atoms with Crippen LogP contribution in [0.5, 0.6) is 0 Å². The van der Waals surface area contributed by atoms with Gasteiger partial charge in [0.15, 0.2) is 5.82 Å². The average Bonchev–Trinajstić information content (AvgIpc) is 3.17. The maximum Gasteiger partial charge on any atom is 0.319 e. The molecule has 122 valence electrons. The number of carbonyl (C=O) groups is 1. The molecule has 0 spiro atoms. The van der Waals surface area contributed by atoms with Crippen LogP contribution >= 0.6 is 0 Å². The molecule has 0 saturated heterocycles. The van der Waals surface area contributed by atoms with Crippen LogP contribution in [0.2, 0.25) is 0 Å². The highest BCUT2D eigenvalue weighted by atomic mass is 16.2. The molecule has 0 radical (unpaired) electrons. The zero-order valence-corrected chi connectivity index (χ0v) is 13.3. The maximum absolute atomic E-state index is 12.2. The molecule has 3 aromatic rings. The van der Waals surface area contributed by atoms with Gasteiger partial charge in [-0.1, -0.05) is 6.07 Å². The van der Waals surface area contributed by atoms with Gasteiger partial charge < -0.3 is 15.2 Å². The third-order valence-electron chi connectivity index (χ3n) is 4.09. The number of nitrogens with one attached hydrogen (secondary N) is 2. The van der Waals surface area contributed by atoms with E-state index < -0.39 is 0 Å². The predicted molar refractivity (Wildman–Crippen MR) is 88.5 cm³/mol. The molecule has 2 amide bonds. The third kappa shape index (κ3) is 2.66. The average molecular weight is 323 g/mol. The summed E-state index contributed by atoms with van der Waals surface area (Å²) in [4.78, 5) is 12.2. The quantitative estimate of drug-likeness (QED) is 0.766. The number of amides is 2. The lowest BCUT2D eigenvalue weighted by molar-refractivity contribution is 0.251. The van der Waals surface area contributed by atoms with Crippen molar-refractivity contribution in [1.29, 1.82) is 0 Å².